The third kappa shape index (κ3) is 4.67. The van der Waals surface area contributed by atoms with Crippen LogP contribution in [-0.4, -0.2) is 25.0 Å². The summed E-state index contributed by atoms with van der Waals surface area (Å²) in [5, 5.41) is 3.40. The molecule has 144 valence electrons. The lowest BCUT2D eigenvalue weighted by Crippen LogP contribution is -2.46. The first kappa shape index (κ1) is 18.9. The van der Waals surface area contributed by atoms with Crippen LogP contribution in [0.15, 0.2) is 33.5 Å². The van der Waals surface area contributed by atoms with Crippen LogP contribution in [0.3, 0.4) is 0 Å². The fraction of sp³-hybridized carbons (Fsp3) is 0.450. The topological polar surface area (TPSA) is 112 Å². The maximum atomic E-state index is 12.3. The number of nitrogens with two attached hydrogens (primary N) is 1. The van der Waals surface area contributed by atoms with Crippen molar-refractivity contribution in [3.05, 3.63) is 40.2 Å². The molecule has 1 aliphatic rings. The molecule has 2 aromatic rings. The van der Waals surface area contributed by atoms with E-state index in [-0.39, 0.29) is 12.3 Å². The molecule has 0 radical (unpaired) electrons. The molecule has 0 spiro atoms. The lowest BCUT2D eigenvalue weighted by molar-refractivity contribution is -0.127. The first-order chi connectivity index (χ1) is 13.0. The second-order valence-corrected chi connectivity index (χ2v) is 7.03. The number of methoxy groups -OCH3 is 1. The van der Waals surface area contributed by atoms with Gasteiger partial charge in [0, 0.05) is 30.4 Å². The van der Waals surface area contributed by atoms with E-state index in [2.05, 4.69) is 5.32 Å². The number of fused-ring (bicyclic) bond motifs is 1. The summed E-state index contributed by atoms with van der Waals surface area (Å²) in [4.78, 5) is 36.1. The predicted molar refractivity (Wildman–Crippen MR) is 100 cm³/mol. The van der Waals surface area contributed by atoms with Gasteiger partial charge in [0.15, 0.2) is 0 Å². The van der Waals surface area contributed by atoms with E-state index in [4.69, 9.17) is 14.9 Å². The Morgan fingerprint density at radius 2 is 2.04 bits per heavy atom. The molecule has 3 rings (SSSR count). The SMILES string of the molecule is COc1ccc2c(C[C@@H](NC(=O)CC3CCCC3)C(N)=O)cc(=O)oc2c1. The molecule has 1 saturated carbocycles. The van der Waals surface area contributed by atoms with E-state index >= 15 is 0 Å². The van der Waals surface area contributed by atoms with Crippen LogP contribution >= 0.6 is 0 Å². The highest BCUT2D eigenvalue weighted by atomic mass is 16.5. The van der Waals surface area contributed by atoms with Crippen LogP contribution < -0.4 is 21.4 Å². The molecular weight excluding hydrogens is 348 g/mol. The standard InChI is InChI=1S/C20H24N2O5/c1-26-14-6-7-15-13(10-19(24)27-17(15)11-14)9-16(20(21)25)22-18(23)8-12-4-2-3-5-12/h6-7,10-12,16H,2-5,8-9H2,1H3,(H2,21,25)(H,22,23)/t16-/m1/s1. The van der Waals surface area contributed by atoms with Crippen molar-refractivity contribution in [2.75, 3.05) is 7.11 Å². The van der Waals surface area contributed by atoms with Crippen molar-refractivity contribution in [3.8, 4) is 5.75 Å². The molecule has 27 heavy (non-hydrogen) atoms. The first-order valence-electron chi connectivity index (χ1n) is 9.15. The molecule has 0 bridgehead atoms. The molecule has 1 heterocycles. The number of carbonyl (C=O) groups excluding carboxylic acids is 2. The number of benzene rings is 1. The van der Waals surface area contributed by atoms with Crippen LogP contribution in [0.2, 0.25) is 0 Å². The van der Waals surface area contributed by atoms with Gasteiger partial charge >= 0.3 is 5.63 Å². The van der Waals surface area contributed by atoms with Gasteiger partial charge in [-0.25, -0.2) is 4.79 Å². The van der Waals surface area contributed by atoms with Crippen LogP contribution in [0.1, 0.15) is 37.7 Å². The van der Waals surface area contributed by atoms with Crippen molar-refractivity contribution >= 4 is 22.8 Å². The molecular formula is C20H24N2O5. The summed E-state index contributed by atoms with van der Waals surface area (Å²) in [6.45, 7) is 0. The fourth-order valence-corrected chi connectivity index (χ4v) is 3.68. The van der Waals surface area contributed by atoms with Crippen molar-refractivity contribution in [2.45, 2.75) is 44.6 Å². The Hall–Kier alpha value is -2.83. The van der Waals surface area contributed by atoms with Crippen molar-refractivity contribution in [2.24, 2.45) is 11.7 Å². The van der Waals surface area contributed by atoms with Gasteiger partial charge in [-0.05, 0) is 36.5 Å². The largest absolute Gasteiger partial charge is 0.497 e. The van der Waals surface area contributed by atoms with Gasteiger partial charge in [0.05, 0.1) is 7.11 Å². The minimum atomic E-state index is -0.883. The van der Waals surface area contributed by atoms with E-state index in [0.29, 0.717) is 34.6 Å². The molecule has 1 aromatic carbocycles. The molecule has 2 amide bonds. The van der Waals surface area contributed by atoms with Gasteiger partial charge in [0.2, 0.25) is 11.8 Å². The van der Waals surface area contributed by atoms with Crippen molar-refractivity contribution in [1.82, 2.24) is 5.32 Å². The highest BCUT2D eigenvalue weighted by Crippen LogP contribution is 2.27. The van der Waals surface area contributed by atoms with E-state index in [1.807, 2.05) is 0 Å². The normalized spacial score (nSPS) is 15.6. The quantitative estimate of drug-likeness (QED) is 0.721. The lowest BCUT2D eigenvalue weighted by Gasteiger charge is -2.18. The zero-order valence-corrected chi connectivity index (χ0v) is 15.3. The molecule has 3 N–H and O–H groups in total. The van der Waals surface area contributed by atoms with Gasteiger partial charge in [-0.15, -0.1) is 0 Å². The fourth-order valence-electron chi connectivity index (χ4n) is 3.68. The van der Waals surface area contributed by atoms with Gasteiger partial charge in [-0.3, -0.25) is 9.59 Å². The average molecular weight is 372 g/mol. The lowest BCUT2D eigenvalue weighted by atomic mass is 10.00. The number of primary amides is 1. The molecule has 0 saturated heterocycles. The monoisotopic (exact) mass is 372 g/mol. The third-order valence-corrected chi connectivity index (χ3v) is 5.09. The van der Waals surface area contributed by atoms with Crippen molar-refractivity contribution in [1.29, 1.82) is 0 Å². The summed E-state index contributed by atoms with van der Waals surface area (Å²) in [7, 11) is 1.52. The number of hydrogen-bond donors (Lipinski definition) is 2. The summed E-state index contributed by atoms with van der Waals surface area (Å²) in [5.41, 5.74) is 5.91. The minimum Gasteiger partial charge on any atom is -0.497 e. The number of ether oxygens (including phenoxy) is 1. The zero-order chi connectivity index (χ0) is 19.4. The molecule has 0 aliphatic heterocycles. The summed E-state index contributed by atoms with van der Waals surface area (Å²) in [6.07, 6.45) is 4.90. The number of amides is 2. The Bertz CT molecular complexity index is 899. The van der Waals surface area contributed by atoms with Gasteiger partial charge in [0.25, 0.3) is 0 Å². The Morgan fingerprint density at radius 1 is 1.30 bits per heavy atom. The van der Waals surface area contributed by atoms with E-state index < -0.39 is 17.6 Å². The highest BCUT2D eigenvalue weighted by molar-refractivity contribution is 5.88. The predicted octanol–water partition coefficient (Wildman–Crippen LogP) is 1.89. The number of rotatable bonds is 7. The van der Waals surface area contributed by atoms with E-state index in [0.717, 1.165) is 25.7 Å². The van der Waals surface area contributed by atoms with E-state index in [9.17, 15) is 14.4 Å². The van der Waals surface area contributed by atoms with Gasteiger partial charge < -0.3 is 20.2 Å². The maximum Gasteiger partial charge on any atom is 0.336 e. The van der Waals surface area contributed by atoms with Gasteiger partial charge in [-0.2, -0.15) is 0 Å². The smallest absolute Gasteiger partial charge is 0.336 e. The average Bonchev–Trinajstić information content (AvgIpc) is 3.13. The van der Waals surface area contributed by atoms with Crippen LogP contribution in [0.25, 0.3) is 11.0 Å². The molecule has 0 unspecified atom stereocenters. The summed E-state index contributed by atoms with van der Waals surface area (Å²) in [6, 6.07) is 5.55. The Kier molecular flexibility index (Phi) is 5.78. The van der Waals surface area contributed by atoms with Crippen LogP contribution in [0.4, 0.5) is 0 Å². The zero-order valence-electron chi connectivity index (χ0n) is 15.3. The minimum absolute atomic E-state index is 0.125. The Morgan fingerprint density at radius 3 is 2.70 bits per heavy atom. The molecule has 7 nitrogen and oxygen atoms in total. The van der Waals surface area contributed by atoms with Gasteiger partial charge in [0.1, 0.15) is 17.4 Å². The number of hydrogen-bond acceptors (Lipinski definition) is 5. The highest BCUT2D eigenvalue weighted by Gasteiger charge is 2.24. The van der Waals surface area contributed by atoms with Crippen LogP contribution in [0.5, 0.6) is 5.75 Å². The third-order valence-electron chi connectivity index (χ3n) is 5.09. The summed E-state index contributed by atoms with van der Waals surface area (Å²) >= 11 is 0. The number of nitrogens with one attached hydrogen (secondary N) is 1. The molecule has 1 aliphatic carbocycles. The summed E-state index contributed by atoms with van der Waals surface area (Å²) < 4.78 is 10.4. The van der Waals surface area contributed by atoms with Gasteiger partial charge in [-0.1, -0.05) is 12.8 Å². The second kappa shape index (κ2) is 8.24. The Balaban J connectivity index is 1.80. The second-order valence-electron chi connectivity index (χ2n) is 7.03. The van der Waals surface area contributed by atoms with Crippen LogP contribution in [0, 0.1) is 5.92 Å². The molecule has 1 aromatic heterocycles. The maximum absolute atomic E-state index is 12.3. The molecule has 1 atom stereocenters. The van der Waals surface area contributed by atoms with Crippen molar-refractivity contribution < 1.29 is 18.7 Å². The van der Waals surface area contributed by atoms with E-state index in [1.54, 1.807) is 18.2 Å². The molecule has 7 heteroatoms. The summed E-state index contributed by atoms with van der Waals surface area (Å²) in [5.74, 6) is 0.110. The number of carbonyl (C=O) groups is 2. The Labute approximate surface area is 156 Å². The van der Waals surface area contributed by atoms with E-state index in [1.165, 1.54) is 13.2 Å². The van der Waals surface area contributed by atoms with Crippen molar-refractivity contribution in [3.63, 3.8) is 0 Å². The van der Waals surface area contributed by atoms with Crippen LogP contribution in [-0.2, 0) is 16.0 Å². The molecule has 1 fully saturated rings. The first-order valence-corrected chi connectivity index (χ1v) is 9.15.